The van der Waals surface area contributed by atoms with Crippen molar-refractivity contribution >= 4 is 11.6 Å². The number of piperidine rings is 1. The summed E-state index contributed by atoms with van der Waals surface area (Å²) in [4.78, 5) is 36.9. The summed E-state index contributed by atoms with van der Waals surface area (Å²) in [6.07, 6.45) is 1.25. The number of nitrogens with zero attached hydrogens (tertiary/aromatic N) is 1. The Labute approximate surface area is 121 Å². The number of anilines is 1. The van der Waals surface area contributed by atoms with Gasteiger partial charge in [0.15, 0.2) is 0 Å². The molecule has 5 nitrogen and oxygen atoms in total. The van der Waals surface area contributed by atoms with E-state index in [2.05, 4.69) is 0 Å². The number of hydrogen-bond acceptors (Lipinski definition) is 4. The van der Waals surface area contributed by atoms with Gasteiger partial charge in [-0.15, -0.1) is 0 Å². The van der Waals surface area contributed by atoms with Gasteiger partial charge in [-0.2, -0.15) is 0 Å². The molecule has 2 aromatic carbocycles. The van der Waals surface area contributed by atoms with Crippen LogP contribution in [0.5, 0.6) is 0 Å². The van der Waals surface area contributed by atoms with Gasteiger partial charge in [0, 0.05) is 19.0 Å². The van der Waals surface area contributed by atoms with E-state index in [0.717, 1.165) is 5.56 Å². The van der Waals surface area contributed by atoms with Crippen LogP contribution < -0.4 is 21.5 Å². The molecule has 0 atom stereocenters. The fraction of sp³-hybridized carbons (Fsp3) is 0.312. The van der Waals surface area contributed by atoms with E-state index in [-0.39, 0.29) is 11.8 Å². The Morgan fingerprint density at radius 3 is 2.24 bits per heavy atom. The maximum absolute atomic E-state index is 11.9. The van der Waals surface area contributed by atoms with Gasteiger partial charge in [-0.1, -0.05) is 30.3 Å². The van der Waals surface area contributed by atoms with Gasteiger partial charge in [-0.05, 0) is 18.4 Å². The third-order valence-electron chi connectivity index (χ3n) is 4.16. The fourth-order valence-electron chi connectivity index (χ4n) is 2.94. The Morgan fingerprint density at radius 2 is 1.67 bits per heavy atom. The number of carbonyl (C=O) groups is 1. The molecule has 0 aliphatic carbocycles. The van der Waals surface area contributed by atoms with Crippen molar-refractivity contribution in [3.8, 4) is 11.1 Å². The van der Waals surface area contributed by atoms with E-state index in [4.69, 9.17) is 5.73 Å². The molecule has 1 aliphatic heterocycles. The van der Waals surface area contributed by atoms with E-state index in [1.807, 2.05) is 35.2 Å². The number of rotatable bonds is 3. The normalized spacial score (nSPS) is 16.3. The molecule has 0 unspecified atom stereocenters. The Bertz CT molecular complexity index is 737. The van der Waals surface area contributed by atoms with Crippen LogP contribution in [0.2, 0.25) is 0 Å². The highest BCUT2D eigenvalue weighted by atomic mass is 16.2. The molecule has 2 aromatic rings. The van der Waals surface area contributed by atoms with Crippen LogP contribution in [0.3, 0.4) is 0 Å². The van der Waals surface area contributed by atoms with Crippen LogP contribution in [0.15, 0.2) is 39.9 Å². The molecule has 3 rings (SSSR count). The first kappa shape index (κ1) is 13.5. The summed E-state index contributed by atoms with van der Waals surface area (Å²) < 4.78 is 0. The maximum Gasteiger partial charge on any atom is 0.250 e. The Hall–Kier alpha value is -2.43. The summed E-state index contributed by atoms with van der Waals surface area (Å²) in [6, 6.07) is 9.21. The molecule has 0 saturated carbocycles. The SMILES string of the molecule is NC(=O)C1CCN(c2c(-c3ccccc3)c(=O)c2=O)CC1. The minimum atomic E-state index is -0.425. The summed E-state index contributed by atoms with van der Waals surface area (Å²) in [5.41, 5.74) is 6.23. The largest absolute Gasteiger partial charge is 0.369 e. The van der Waals surface area contributed by atoms with Crippen molar-refractivity contribution < 1.29 is 4.79 Å². The lowest BCUT2D eigenvalue weighted by atomic mass is 9.92. The number of benzene rings is 1. The van der Waals surface area contributed by atoms with Gasteiger partial charge in [-0.3, -0.25) is 14.4 Å². The molecule has 5 heteroatoms. The quantitative estimate of drug-likeness (QED) is 0.839. The number of amides is 1. The second kappa shape index (κ2) is 5.16. The average molecular weight is 284 g/mol. The standard InChI is InChI=1S/C16H16N2O3/c17-16(21)11-6-8-18(9-7-11)13-12(14(19)15(13)20)10-4-2-1-3-5-10/h1-5,11H,6-9H2,(H2,17,21). The van der Waals surface area contributed by atoms with Crippen molar-refractivity contribution in [2.75, 3.05) is 18.0 Å². The van der Waals surface area contributed by atoms with Gasteiger partial charge < -0.3 is 10.6 Å². The van der Waals surface area contributed by atoms with Gasteiger partial charge in [0.25, 0.3) is 0 Å². The highest BCUT2D eigenvalue weighted by Crippen LogP contribution is 2.29. The van der Waals surface area contributed by atoms with E-state index in [1.54, 1.807) is 0 Å². The van der Waals surface area contributed by atoms with Gasteiger partial charge in [0.05, 0.1) is 5.56 Å². The predicted octanol–water partition coefficient (Wildman–Crippen LogP) is 0.651. The molecule has 0 aromatic heterocycles. The van der Waals surface area contributed by atoms with Crippen LogP contribution in [-0.2, 0) is 4.79 Å². The zero-order valence-corrected chi connectivity index (χ0v) is 11.5. The van der Waals surface area contributed by atoms with Crippen molar-refractivity contribution in [3.05, 3.63) is 50.8 Å². The molecule has 108 valence electrons. The average Bonchev–Trinajstić information content (AvgIpc) is 2.52. The van der Waals surface area contributed by atoms with Crippen molar-refractivity contribution in [1.82, 2.24) is 0 Å². The van der Waals surface area contributed by atoms with E-state index in [0.29, 0.717) is 37.2 Å². The summed E-state index contributed by atoms with van der Waals surface area (Å²) in [5, 5.41) is 0. The molecule has 2 N–H and O–H groups in total. The molecule has 1 aliphatic rings. The molecule has 1 heterocycles. The van der Waals surface area contributed by atoms with Gasteiger partial charge >= 0.3 is 0 Å². The molecular weight excluding hydrogens is 268 g/mol. The Balaban J connectivity index is 1.88. The van der Waals surface area contributed by atoms with Crippen LogP contribution in [-0.4, -0.2) is 19.0 Å². The number of primary amides is 1. The summed E-state index contributed by atoms with van der Waals surface area (Å²) in [6.45, 7) is 1.16. The number of carbonyl (C=O) groups excluding carboxylic acids is 1. The van der Waals surface area contributed by atoms with Crippen LogP contribution in [0.1, 0.15) is 12.8 Å². The summed E-state index contributed by atoms with van der Waals surface area (Å²) in [7, 11) is 0. The molecule has 1 saturated heterocycles. The second-order valence-corrected chi connectivity index (χ2v) is 5.41. The lowest BCUT2D eigenvalue weighted by Crippen LogP contribution is -2.46. The van der Waals surface area contributed by atoms with Crippen molar-refractivity contribution in [2.24, 2.45) is 11.7 Å². The molecule has 1 fully saturated rings. The Morgan fingerprint density at radius 1 is 1.05 bits per heavy atom. The number of nitrogens with two attached hydrogens (primary N) is 1. The van der Waals surface area contributed by atoms with Crippen LogP contribution in [0, 0.1) is 5.92 Å². The molecule has 21 heavy (non-hydrogen) atoms. The van der Waals surface area contributed by atoms with E-state index in [9.17, 15) is 14.4 Å². The van der Waals surface area contributed by atoms with Crippen molar-refractivity contribution in [3.63, 3.8) is 0 Å². The lowest BCUT2D eigenvalue weighted by molar-refractivity contribution is -0.122. The minimum absolute atomic E-state index is 0.132. The molecule has 1 amide bonds. The highest BCUT2D eigenvalue weighted by molar-refractivity contribution is 5.83. The van der Waals surface area contributed by atoms with Crippen LogP contribution >= 0.6 is 0 Å². The second-order valence-electron chi connectivity index (χ2n) is 5.41. The highest BCUT2D eigenvalue weighted by Gasteiger charge is 2.30. The summed E-state index contributed by atoms with van der Waals surface area (Å²) >= 11 is 0. The van der Waals surface area contributed by atoms with Gasteiger partial charge in [0.2, 0.25) is 16.8 Å². The van der Waals surface area contributed by atoms with Crippen LogP contribution in [0.4, 0.5) is 5.69 Å². The first-order valence-electron chi connectivity index (χ1n) is 7.02. The van der Waals surface area contributed by atoms with Crippen molar-refractivity contribution in [1.29, 1.82) is 0 Å². The van der Waals surface area contributed by atoms with Gasteiger partial charge in [-0.25, -0.2) is 0 Å². The Kier molecular flexibility index (Phi) is 3.33. The zero-order valence-electron chi connectivity index (χ0n) is 11.5. The van der Waals surface area contributed by atoms with E-state index < -0.39 is 10.9 Å². The topological polar surface area (TPSA) is 80.5 Å². The van der Waals surface area contributed by atoms with Crippen LogP contribution in [0.25, 0.3) is 11.1 Å². The predicted molar refractivity (Wildman–Crippen MR) is 80.9 cm³/mol. The zero-order chi connectivity index (χ0) is 15.0. The number of hydrogen-bond donors (Lipinski definition) is 1. The monoisotopic (exact) mass is 284 g/mol. The third-order valence-corrected chi connectivity index (χ3v) is 4.16. The van der Waals surface area contributed by atoms with E-state index in [1.165, 1.54) is 0 Å². The maximum atomic E-state index is 11.9. The summed E-state index contributed by atoms with van der Waals surface area (Å²) in [5.74, 6) is -0.421. The molecular formula is C16H16N2O3. The molecule has 0 bridgehead atoms. The molecule has 0 spiro atoms. The minimum Gasteiger partial charge on any atom is -0.369 e. The first-order valence-corrected chi connectivity index (χ1v) is 7.02. The van der Waals surface area contributed by atoms with E-state index >= 15 is 0 Å². The lowest BCUT2D eigenvalue weighted by Gasteiger charge is -2.33. The van der Waals surface area contributed by atoms with Gasteiger partial charge in [0.1, 0.15) is 5.69 Å². The fourth-order valence-corrected chi connectivity index (χ4v) is 2.94. The molecule has 0 radical (unpaired) electrons. The smallest absolute Gasteiger partial charge is 0.250 e. The third kappa shape index (κ3) is 2.24. The van der Waals surface area contributed by atoms with Crippen molar-refractivity contribution in [2.45, 2.75) is 12.8 Å². The first-order chi connectivity index (χ1) is 10.1.